The summed E-state index contributed by atoms with van der Waals surface area (Å²) in [6.07, 6.45) is 1.26. The molecule has 0 fully saturated rings. The van der Waals surface area contributed by atoms with Crippen LogP contribution in [0.2, 0.25) is 0 Å². The average Bonchev–Trinajstić information content (AvgIpc) is 2.57. The van der Waals surface area contributed by atoms with Crippen molar-refractivity contribution in [3.8, 4) is 6.07 Å². The van der Waals surface area contributed by atoms with E-state index in [1.165, 1.54) is 6.92 Å². The minimum atomic E-state index is -1.32. The van der Waals surface area contributed by atoms with Crippen molar-refractivity contribution in [1.82, 2.24) is 15.3 Å². The molecule has 0 aliphatic carbocycles. The number of carbonyl (C=O) groups is 2. The van der Waals surface area contributed by atoms with Crippen LogP contribution in [0.3, 0.4) is 0 Å². The van der Waals surface area contributed by atoms with Gasteiger partial charge >= 0.3 is 0 Å². The maximum absolute atomic E-state index is 12.0. The molecular weight excluding hydrogens is 367 g/mol. The molecule has 0 aliphatic rings. The Labute approximate surface area is 164 Å². The van der Waals surface area contributed by atoms with Gasteiger partial charge in [0, 0.05) is 32.0 Å². The molecule has 8 nitrogen and oxygen atoms in total. The number of nitrogens with zero attached hydrogens (tertiary/aromatic N) is 2. The lowest BCUT2D eigenvalue weighted by Gasteiger charge is -2.36. The summed E-state index contributed by atoms with van der Waals surface area (Å²) in [7, 11) is -1.32. The van der Waals surface area contributed by atoms with Crippen molar-refractivity contribution in [3.63, 3.8) is 0 Å². The molecule has 2 amide bonds. The minimum absolute atomic E-state index is 0.126. The van der Waals surface area contributed by atoms with Gasteiger partial charge in [0.05, 0.1) is 31.7 Å². The van der Waals surface area contributed by atoms with Crippen LogP contribution in [0.15, 0.2) is 0 Å². The molecule has 0 spiro atoms. The van der Waals surface area contributed by atoms with Gasteiger partial charge in [-0.15, -0.1) is 0 Å². The fourth-order valence-electron chi connectivity index (χ4n) is 2.38. The quantitative estimate of drug-likeness (QED) is 0.342. The number of carbonyl (C=O) groups excluding carboxylic acids is 2. The summed E-state index contributed by atoms with van der Waals surface area (Å²) in [6, 6.07) is 2.39. The zero-order valence-corrected chi connectivity index (χ0v) is 18.3. The first-order valence-corrected chi connectivity index (χ1v) is 10.6. The van der Waals surface area contributed by atoms with Crippen molar-refractivity contribution in [2.45, 2.75) is 78.9 Å². The van der Waals surface area contributed by atoms with E-state index in [1.54, 1.807) is 0 Å². The highest BCUT2D eigenvalue weighted by atomic mass is 31.2. The van der Waals surface area contributed by atoms with E-state index in [4.69, 9.17) is 14.3 Å². The lowest BCUT2D eigenvalue weighted by atomic mass is 10.2. The van der Waals surface area contributed by atoms with Crippen molar-refractivity contribution in [3.05, 3.63) is 0 Å². The lowest BCUT2D eigenvalue weighted by molar-refractivity contribution is -0.122. The lowest BCUT2D eigenvalue weighted by Crippen LogP contribution is -2.40. The van der Waals surface area contributed by atoms with Crippen molar-refractivity contribution >= 4 is 20.3 Å². The standard InChI is InChI=1S/C18H35N4O4P/c1-7-17(21-18(24)9-11-20-16(6)23)13-26-27(25-12-8-10-19)22(14(2)3)15(4)5/h14-15,17H,7-9,11-13H2,1-6H3,(H,20,23)(H,21,24). The van der Waals surface area contributed by atoms with E-state index in [-0.39, 0.29) is 36.4 Å². The van der Waals surface area contributed by atoms with E-state index in [2.05, 4.69) is 49.1 Å². The molecule has 2 unspecified atom stereocenters. The van der Waals surface area contributed by atoms with Gasteiger partial charge in [0.15, 0.2) is 0 Å². The van der Waals surface area contributed by atoms with Gasteiger partial charge in [-0.2, -0.15) is 5.26 Å². The molecular formula is C18H35N4O4P. The average molecular weight is 402 g/mol. The second-order valence-electron chi connectivity index (χ2n) is 6.75. The molecule has 0 aromatic carbocycles. The van der Waals surface area contributed by atoms with E-state index in [1.807, 2.05) is 6.92 Å². The largest absolute Gasteiger partial charge is 0.356 e. The summed E-state index contributed by atoms with van der Waals surface area (Å²) in [6.45, 7) is 12.7. The summed E-state index contributed by atoms with van der Waals surface area (Å²) < 4.78 is 14.0. The van der Waals surface area contributed by atoms with Crippen LogP contribution in [0.1, 0.15) is 60.8 Å². The molecule has 0 heterocycles. The minimum Gasteiger partial charge on any atom is -0.356 e. The summed E-state index contributed by atoms with van der Waals surface area (Å²) in [5, 5.41) is 14.3. The molecule has 2 atom stereocenters. The predicted molar refractivity (Wildman–Crippen MR) is 107 cm³/mol. The van der Waals surface area contributed by atoms with Crippen LogP contribution in [-0.2, 0) is 18.6 Å². The zero-order valence-electron chi connectivity index (χ0n) is 17.4. The number of nitrogens with one attached hydrogen (secondary N) is 2. The SMILES string of the molecule is CCC(COP(OCCC#N)N(C(C)C)C(C)C)NC(=O)CCNC(C)=O. The molecule has 0 saturated carbocycles. The number of hydrogen-bond acceptors (Lipinski definition) is 6. The van der Waals surface area contributed by atoms with Gasteiger partial charge in [0.25, 0.3) is 8.53 Å². The molecule has 9 heteroatoms. The number of hydrogen-bond donors (Lipinski definition) is 2. The van der Waals surface area contributed by atoms with Gasteiger partial charge in [-0.05, 0) is 34.1 Å². The fraction of sp³-hybridized carbons (Fsp3) is 0.833. The Kier molecular flexibility index (Phi) is 14.1. The Morgan fingerprint density at radius 2 is 1.81 bits per heavy atom. The van der Waals surface area contributed by atoms with E-state index < -0.39 is 8.53 Å². The van der Waals surface area contributed by atoms with Crippen LogP contribution in [0.4, 0.5) is 0 Å². The second kappa shape index (κ2) is 14.8. The fourth-order valence-corrected chi connectivity index (χ4v) is 4.03. The zero-order chi connectivity index (χ0) is 20.8. The first-order valence-electron chi connectivity index (χ1n) is 9.47. The molecule has 0 aliphatic heterocycles. The van der Waals surface area contributed by atoms with Crippen LogP contribution in [0.25, 0.3) is 0 Å². The molecule has 27 heavy (non-hydrogen) atoms. The van der Waals surface area contributed by atoms with Crippen molar-refractivity contribution < 1.29 is 18.6 Å². The molecule has 0 bridgehead atoms. The van der Waals surface area contributed by atoms with Gasteiger partial charge in [-0.1, -0.05) is 6.92 Å². The van der Waals surface area contributed by atoms with Crippen LogP contribution in [-0.4, -0.2) is 54.4 Å². The Morgan fingerprint density at radius 3 is 2.30 bits per heavy atom. The van der Waals surface area contributed by atoms with E-state index in [9.17, 15) is 9.59 Å². The Hall–Kier alpha value is -1.26. The van der Waals surface area contributed by atoms with E-state index >= 15 is 0 Å². The van der Waals surface area contributed by atoms with E-state index in [0.29, 0.717) is 26.2 Å². The highest BCUT2D eigenvalue weighted by molar-refractivity contribution is 7.44. The molecule has 0 saturated heterocycles. The normalized spacial score (nSPS) is 13.5. The molecule has 0 aromatic heterocycles. The maximum atomic E-state index is 12.0. The first kappa shape index (κ1) is 25.7. The monoisotopic (exact) mass is 402 g/mol. The summed E-state index contributed by atoms with van der Waals surface area (Å²) in [5.41, 5.74) is 0. The molecule has 0 rings (SSSR count). The van der Waals surface area contributed by atoms with E-state index in [0.717, 1.165) is 6.42 Å². The molecule has 0 radical (unpaired) electrons. The first-order chi connectivity index (χ1) is 12.7. The van der Waals surface area contributed by atoms with Gasteiger partial charge in [-0.25, -0.2) is 4.67 Å². The third-order valence-corrected chi connectivity index (χ3v) is 5.71. The number of amides is 2. The molecule has 156 valence electrons. The van der Waals surface area contributed by atoms with Crippen LogP contribution >= 0.6 is 8.53 Å². The third-order valence-electron chi connectivity index (χ3n) is 3.63. The second-order valence-corrected chi connectivity index (χ2v) is 8.20. The van der Waals surface area contributed by atoms with Gasteiger partial charge in [-0.3, -0.25) is 9.59 Å². The summed E-state index contributed by atoms with van der Waals surface area (Å²) in [4.78, 5) is 22.9. The van der Waals surface area contributed by atoms with Crippen molar-refractivity contribution in [2.75, 3.05) is 19.8 Å². The Morgan fingerprint density at radius 1 is 1.19 bits per heavy atom. The maximum Gasteiger partial charge on any atom is 0.259 e. The predicted octanol–water partition coefficient (Wildman–Crippen LogP) is 2.70. The Bertz CT molecular complexity index is 474. The topological polar surface area (TPSA) is 104 Å². The van der Waals surface area contributed by atoms with Gasteiger partial charge in [0.1, 0.15) is 0 Å². The smallest absolute Gasteiger partial charge is 0.259 e. The van der Waals surface area contributed by atoms with Crippen molar-refractivity contribution in [1.29, 1.82) is 5.26 Å². The van der Waals surface area contributed by atoms with Gasteiger partial charge in [0.2, 0.25) is 11.8 Å². The van der Waals surface area contributed by atoms with Crippen LogP contribution in [0, 0.1) is 11.3 Å². The summed E-state index contributed by atoms with van der Waals surface area (Å²) >= 11 is 0. The molecule has 2 N–H and O–H groups in total. The highest BCUT2D eigenvalue weighted by Gasteiger charge is 2.28. The third kappa shape index (κ3) is 11.9. The van der Waals surface area contributed by atoms with Crippen LogP contribution in [0.5, 0.6) is 0 Å². The Balaban J connectivity index is 4.71. The summed E-state index contributed by atoms with van der Waals surface area (Å²) in [5.74, 6) is -0.278. The number of nitriles is 1. The van der Waals surface area contributed by atoms with Crippen molar-refractivity contribution in [2.24, 2.45) is 0 Å². The molecule has 0 aromatic rings. The highest BCUT2D eigenvalue weighted by Crippen LogP contribution is 2.46. The van der Waals surface area contributed by atoms with Crippen LogP contribution < -0.4 is 10.6 Å². The number of rotatable bonds is 14. The van der Waals surface area contributed by atoms with Gasteiger partial charge < -0.3 is 19.7 Å².